The Morgan fingerprint density at radius 1 is 1.31 bits per heavy atom. The number of nitrogens with zero attached hydrogens (tertiary/aromatic N) is 2. The van der Waals surface area contributed by atoms with Crippen LogP contribution in [0.4, 0.5) is 0 Å². The zero-order chi connectivity index (χ0) is 11.0. The van der Waals surface area contributed by atoms with Gasteiger partial charge in [0.1, 0.15) is 25.0 Å². The molecule has 4 heteroatoms. The summed E-state index contributed by atoms with van der Waals surface area (Å²) in [6.07, 6.45) is 3.36. The second-order valence-corrected chi connectivity index (χ2v) is 3.53. The van der Waals surface area contributed by atoms with Crippen LogP contribution < -0.4 is 0 Å². The van der Waals surface area contributed by atoms with Crippen LogP contribution in [0.1, 0.15) is 5.76 Å². The molecule has 0 spiro atoms. The maximum atomic E-state index is 8.94. The number of aromatic nitrogens is 2. The van der Waals surface area contributed by atoms with Crippen LogP contribution in [0.2, 0.25) is 0 Å². The van der Waals surface area contributed by atoms with E-state index >= 15 is 0 Å². The van der Waals surface area contributed by atoms with Crippen molar-refractivity contribution in [1.82, 2.24) is 9.55 Å². The molecule has 0 aliphatic rings. The fraction of sp³-hybridized carbons (Fsp3) is 0.0833. The van der Waals surface area contributed by atoms with Gasteiger partial charge < -0.3 is 9.52 Å². The lowest BCUT2D eigenvalue weighted by molar-refractivity contribution is 0.247. The largest absolute Gasteiger partial charge is 0.465 e. The smallest absolute Gasteiger partial charge is 0.131 e. The van der Waals surface area contributed by atoms with Crippen molar-refractivity contribution in [3.05, 3.63) is 48.7 Å². The van der Waals surface area contributed by atoms with E-state index in [-0.39, 0.29) is 6.61 Å². The number of benzene rings is 1. The molecule has 0 fully saturated rings. The van der Waals surface area contributed by atoms with E-state index in [4.69, 9.17) is 9.52 Å². The van der Waals surface area contributed by atoms with E-state index < -0.39 is 0 Å². The van der Waals surface area contributed by atoms with Crippen molar-refractivity contribution in [1.29, 1.82) is 0 Å². The highest BCUT2D eigenvalue weighted by molar-refractivity contribution is 5.77. The van der Waals surface area contributed by atoms with Crippen molar-refractivity contribution in [2.24, 2.45) is 0 Å². The average molecular weight is 214 g/mol. The third kappa shape index (κ3) is 1.31. The van der Waals surface area contributed by atoms with Gasteiger partial charge in [0.25, 0.3) is 0 Å². The van der Waals surface area contributed by atoms with E-state index in [2.05, 4.69) is 4.98 Å². The molecule has 0 aliphatic carbocycles. The molecule has 0 saturated carbocycles. The number of hydrogen-bond acceptors (Lipinski definition) is 3. The minimum Gasteiger partial charge on any atom is -0.465 e. The summed E-state index contributed by atoms with van der Waals surface area (Å²) >= 11 is 0. The number of hydrogen-bond donors (Lipinski definition) is 1. The summed E-state index contributed by atoms with van der Waals surface area (Å²) < 4.78 is 7.12. The second kappa shape index (κ2) is 3.50. The van der Waals surface area contributed by atoms with Crippen LogP contribution in [-0.2, 0) is 6.61 Å². The fourth-order valence-corrected chi connectivity index (χ4v) is 1.74. The van der Waals surface area contributed by atoms with E-state index in [1.54, 1.807) is 18.7 Å². The summed E-state index contributed by atoms with van der Waals surface area (Å²) in [6.45, 7) is -0.0906. The van der Waals surface area contributed by atoms with Crippen molar-refractivity contribution < 1.29 is 9.52 Å². The topological polar surface area (TPSA) is 51.2 Å². The third-order valence-corrected chi connectivity index (χ3v) is 2.53. The van der Waals surface area contributed by atoms with Gasteiger partial charge in [-0.2, -0.15) is 0 Å². The molecule has 2 heterocycles. The highest BCUT2D eigenvalue weighted by Crippen LogP contribution is 2.19. The Bertz CT molecular complexity index is 625. The molecular formula is C12H10N2O2. The Balaban J connectivity index is 2.18. The maximum absolute atomic E-state index is 8.94. The van der Waals surface area contributed by atoms with Crippen LogP contribution in [0, 0.1) is 0 Å². The Morgan fingerprint density at radius 3 is 3.00 bits per heavy atom. The van der Waals surface area contributed by atoms with E-state index in [1.807, 2.05) is 28.8 Å². The monoisotopic (exact) mass is 214 g/mol. The van der Waals surface area contributed by atoms with Crippen molar-refractivity contribution in [2.75, 3.05) is 0 Å². The van der Waals surface area contributed by atoms with E-state index in [9.17, 15) is 0 Å². The summed E-state index contributed by atoms with van der Waals surface area (Å²) in [4.78, 5) is 4.29. The lowest BCUT2D eigenvalue weighted by atomic mass is 10.3. The van der Waals surface area contributed by atoms with Crippen LogP contribution in [-0.4, -0.2) is 14.7 Å². The van der Waals surface area contributed by atoms with Gasteiger partial charge in [0.15, 0.2) is 0 Å². The minimum atomic E-state index is -0.0906. The number of aliphatic hydroxyl groups excluding tert-OH is 1. The summed E-state index contributed by atoms with van der Waals surface area (Å²) in [6, 6.07) is 9.67. The molecule has 0 bridgehead atoms. The Hall–Kier alpha value is -2.07. The van der Waals surface area contributed by atoms with Gasteiger partial charge in [-0.1, -0.05) is 12.1 Å². The quantitative estimate of drug-likeness (QED) is 0.710. The average Bonchev–Trinajstić information content (AvgIpc) is 2.94. The van der Waals surface area contributed by atoms with Crippen LogP contribution in [0.15, 0.2) is 47.3 Å². The van der Waals surface area contributed by atoms with Crippen LogP contribution in [0.3, 0.4) is 0 Å². The van der Waals surface area contributed by atoms with Crippen molar-refractivity contribution >= 4 is 11.0 Å². The number of aliphatic hydroxyl groups is 1. The highest BCUT2D eigenvalue weighted by atomic mass is 16.4. The molecule has 1 N–H and O–H groups in total. The lowest BCUT2D eigenvalue weighted by Crippen LogP contribution is -1.88. The SMILES string of the molecule is OCc1cc(-n2cnc3ccccc32)co1. The molecule has 0 unspecified atom stereocenters. The van der Waals surface area contributed by atoms with Gasteiger partial charge in [-0.05, 0) is 12.1 Å². The number of fused-ring (bicyclic) bond motifs is 1. The van der Waals surface area contributed by atoms with Crippen LogP contribution in [0.5, 0.6) is 0 Å². The van der Waals surface area contributed by atoms with Gasteiger partial charge in [0, 0.05) is 6.07 Å². The third-order valence-electron chi connectivity index (χ3n) is 2.53. The Morgan fingerprint density at radius 2 is 2.19 bits per heavy atom. The molecule has 2 aromatic heterocycles. The number of imidazole rings is 1. The van der Waals surface area contributed by atoms with Crippen molar-refractivity contribution in [3.8, 4) is 5.69 Å². The lowest BCUT2D eigenvalue weighted by Gasteiger charge is -1.97. The molecule has 1 aromatic carbocycles. The normalized spacial score (nSPS) is 11.1. The van der Waals surface area contributed by atoms with Crippen molar-refractivity contribution in [2.45, 2.75) is 6.61 Å². The molecule has 0 aliphatic heterocycles. The van der Waals surface area contributed by atoms with Crippen molar-refractivity contribution in [3.63, 3.8) is 0 Å². The predicted octanol–water partition coefficient (Wildman–Crippen LogP) is 2.11. The van der Waals surface area contributed by atoms with E-state index in [1.165, 1.54) is 0 Å². The molecule has 0 atom stereocenters. The molecule has 4 nitrogen and oxygen atoms in total. The van der Waals surface area contributed by atoms with Gasteiger partial charge >= 0.3 is 0 Å². The highest BCUT2D eigenvalue weighted by Gasteiger charge is 2.06. The summed E-state index contributed by atoms with van der Waals surface area (Å²) in [7, 11) is 0. The van der Waals surface area contributed by atoms with E-state index in [0.717, 1.165) is 16.7 Å². The molecule has 16 heavy (non-hydrogen) atoms. The fourth-order valence-electron chi connectivity index (χ4n) is 1.74. The second-order valence-electron chi connectivity index (χ2n) is 3.53. The summed E-state index contributed by atoms with van der Waals surface area (Å²) in [5.41, 5.74) is 2.83. The first kappa shape index (κ1) is 9.18. The van der Waals surface area contributed by atoms with Gasteiger partial charge in [0.2, 0.25) is 0 Å². The first-order valence-corrected chi connectivity index (χ1v) is 4.99. The molecule has 3 aromatic rings. The molecule has 0 saturated heterocycles. The standard InChI is InChI=1S/C12H10N2O2/c15-6-10-5-9(7-16-10)14-8-13-11-3-1-2-4-12(11)14/h1-5,7-8,15H,6H2. The maximum Gasteiger partial charge on any atom is 0.131 e. The molecule has 0 amide bonds. The van der Waals surface area contributed by atoms with Gasteiger partial charge in [-0.3, -0.25) is 4.57 Å². The first-order chi connectivity index (χ1) is 7.88. The van der Waals surface area contributed by atoms with Gasteiger partial charge in [-0.15, -0.1) is 0 Å². The molecule has 3 rings (SSSR count). The zero-order valence-electron chi connectivity index (χ0n) is 8.50. The Labute approximate surface area is 91.8 Å². The predicted molar refractivity (Wildman–Crippen MR) is 59.3 cm³/mol. The number of furan rings is 1. The van der Waals surface area contributed by atoms with Gasteiger partial charge in [0.05, 0.1) is 16.7 Å². The van der Waals surface area contributed by atoms with E-state index in [0.29, 0.717) is 5.76 Å². The molecular weight excluding hydrogens is 204 g/mol. The van der Waals surface area contributed by atoms with Gasteiger partial charge in [-0.25, -0.2) is 4.98 Å². The first-order valence-electron chi connectivity index (χ1n) is 4.99. The number of rotatable bonds is 2. The van der Waals surface area contributed by atoms with Crippen LogP contribution in [0.25, 0.3) is 16.7 Å². The Kier molecular flexibility index (Phi) is 2.01. The van der Waals surface area contributed by atoms with Crippen LogP contribution >= 0.6 is 0 Å². The minimum absolute atomic E-state index is 0.0906. The zero-order valence-corrected chi connectivity index (χ0v) is 8.50. The molecule has 0 radical (unpaired) electrons. The summed E-state index contributed by atoms with van der Waals surface area (Å²) in [5, 5.41) is 8.94. The number of para-hydroxylation sites is 2. The molecule has 80 valence electrons. The summed E-state index contributed by atoms with van der Waals surface area (Å²) in [5.74, 6) is 0.549.